The summed E-state index contributed by atoms with van der Waals surface area (Å²) in [6, 6.07) is 2.03. The van der Waals surface area contributed by atoms with E-state index in [9.17, 15) is 0 Å². The minimum absolute atomic E-state index is 0.896. The molecule has 0 saturated carbocycles. The highest BCUT2D eigenvalue weighted by Gasteiger charge is 2.10. The largest absolute Gasteiger partial charge is 0.360 e. The Morgan fingerprint density at radius 3 is 3.00 bits per heavy atom. The highest BCUT2D eigenvalue weighted by Crippen LogP contribution is 2.36. The van der Waals surface area contributed by atoms with Crippen LogP contribution in [0.3, 0.4) is 0 Å². The Morgan fingerprint density at radius 2 is 2.33 bits per heavy atom. The molecular formula is C9H10BrN3S2. The van der Waals surface area contributed by atoms with Crippen molar-refractivity contribution in [3.8, 4) is 9.88 Å². The second-order valence-corrected chi connectivity index (χ2v) is 5.68. The number of hydrogen-bond donors (Lipinski definition) is 1. The summed E-state index contributed by atoms with van der Waals surface area (Å²) in [6.07, 6.45) is 1.09. The van der Waals surface area contributed by atoms with Crippen LogP contribution in [0.15, 0.2) is 15.9 Å². The summed E-state index contributed by atoms with van der Waals surface area (Å²) in [5, 5.41) is 15.4. The maximum absolute atomic E-state index is 4.16. The van der Waals surface area contributed by atoms with Gasteiger partial charge in [0.2, 0.25) is 5.13 Å². The summed E-state index contributed by atoms with van der Waals surface area (Å²) in [4.78, 5) is 1.15. The van der Waals surface area contributed by atoms with Gasteiger partial charge >= 0.3 is 0 Å². The van der Waals surface area contributed by atoms with Crippen LogP contribution in [0.1, 0.15) is 13.3 Å². The van der Waals surface area contributed by atoms with Gasteiger partial charge in [-0.1, -0.05) is 18.3 Å². The van der Waals surface area contributed by atoms with Crippen LogP contribution in [0.25, 0.3) is 9.88 Å². The average molecular weight is 304 g/mol. The van der Waals surface area contributed by atoms with E-state index >= 15 is 0 Å². The molecule has 0 bridgehead atoms. The fourth-order valence-corrected chi connectivity index (χ4v) is 3.63. The highest BCUT2D eigenvalue weighted by molar-refractivity contribution is 9.10. The Kier molecular flexibility index (Phi) is 3.71. The third-order valence-electron chi connectivity index (χ3n) is 1.76. The maximum atomic E-state index is 4.16. The van der Waals surface area contributed by atoms with Crippen LogP contribution in [0, 0.1) is 0 Å². The second-order valence-electron chi connectivity index (χ2n) is 2.94. The maximum Gasteiger partial charge on any atom is 0.206 e. The molecule has 0 amide bonds. The number of thiophene rings is 1. The molecule has 2 heterocycles. The summed E-state index contributed by atoms with van der Waals surface area (Å²) in [5.74, 6) is 0. The fraction of sp³-hybridized carbons (Fsp3) is 0.333. The molecule has 0 unspecified atom stereocenters. The zero-order chi connectivity index (χ0) is 10.7. The Morgan fingerprint density at radius 1 is 1.47 bits per heavy atom. The Balaban J connectivity index is 2.17. The van der Waals surface area contributed by atoms with Crippen molar-refractivity contribution in [3.05, 3.63) is 15.9 Å². The zero-order valence-electron chi connectivity index (χ0n) is 8.16. The van der Waals surface area contributed by atoms with E-state index in [1.54, 1.807) is 22.7 Å². The number of nitrogens with one attached hydrogen (secondary N) is 1. The number of halogens is 1. The smallest absolute Gasteiger partial charge is 0.206 e. The molecule has 15 heavy (non-hydrogen) atoms. The third kappa shape index (κ3) is 2.56. The van der Waals surface area contributed by atoms with Crippen LogP contribution < -0.4 is 5.32 Å². The molecule has 0 aliphatic rings. The van der Waals surface area contributed by atoms with Crippen molar-refractivity contribution in [1.29, 1.82) is 0 Å². The van der Waals surface area contributed by atoms with Gasteiger partial charge in [-0.3, -0.25) is 0 Å². The molecule has 0 spiro atoms. The van der Waals surface area contributed by atoms with Crippen molar-refractivity contribution in [2.24, 2.45) is 0 Å². The molecule has 2 aromatic rings. The lowest BCUT2D eigenvalue weighted by atomic mass is 10.5. The van der Waals surface area contributed by atoms with Crippen LogP contribution in [0.4, 0.5) is 5.13 Å². The number of hydrogen-bond acceptors (Lipinski definition) is 5. The molecule has 0 radical (unpaired) electrons. The van der Waals surface area contributed by atoms with E-state index < -0.39 is 0 Å². The Hall–Kier alpha value is -0.460. The molecule has 0 atom stereocenters. The summed E-state index contributed by atoms with van der Waals surface area (Å²) in [5.41, 5.74) is 0. The van der Waals surface area contributed by atoms with Crippen molar-refractivity contribution in [3.63, 3.8) is 0 Å². The Labute approximate surface area is 105 Å². The molecule has 0 aliphatic carbocycles. The summed E-state index contributed by atoms with van der Waals surface area (Å²) < 4.78 is 1.09. The predicted octanol–water partition coefficient (Wildman–Crippen LogP) is 3.85. The Bertz CT molecular complexity index is 438. The molecular weight excluding hydrogens is 294 g/mol. The van der Waals surface area contributed by atoms with Gasteiger partial charge in [-0.15, -0.1) is 21.5 Å². The van der Waals surface area contributed by atoms with Gasteiger partial charge in [-0.05, 0) is 33.8 Å². The van der Waals surface area contributed by atoms with Crippen LogP contribution in [0.2, 0.25) is 0 Å². The van der Waals surface area contributed by atoms with Crippen molar-refractivity contribution in [1.82, 2.24) is 10.2 Å². The van der Waals surface area contributed by atoms with Gasteiger partial charge in [0.05, 0.1) is 4.88 Å². The van der Waals surface area contributed by atoms with E-state index in [1.807, 2.05) is 11.4 Å². The quantitative estimate of drug-likeness (QED) is 0.932. The lowest BCUT2D eigenvalue weighted by Gasteiger charge is -1.95. The summed E-state index contributed by atoms with van der Waals surface area (Å²) >= 11 is 6.76. The van der Waals surface area contributed by atoms with Gasteiger partial charge in [0.1, 0.15) is 0 Å². The average Bonchev–Trinajstić information content (AvgIpc) is 2.83. The van der Waals surface area contributed by atoms with Crippen LogP contribution >= 0.6 is 38.6 Å². The SMILES string of the molecule is CCCNc1nnc(-c2sccc2Br)s1. The molecule has 80 valence electrons. The van der Waals surface area contributed by atoms with Crippen molar-refractivity contribution >= 4 is 43.7 Å². The first-order chi connectivity index (χ1) is 7.31. The molecule has 0 saturated heterocycles. The minimum Gasteiger partial charge on any atom is -0.360 e. The molecule has 3 nitrogen and oxygen atoms in total. The molecule has 0 fully saturated rings. The van der Waals surface area contributed by atoms with Crippen molar-refractivity contribution in [2.45, 2.75) is 13.3 Å². The van der Waals surface area contributed by atoms with E-state index in [0.717, 1.165) is 32.5 Å². The number of anilines is 1. The topological polar surface area (TPSA) is 37.8 Å². The molecule has 2 rings (SSSR count). The lowest BCUT2D eigenvalue weighted by molar-refractivity contribution is 0.964. The predicted molar refractivity (Wildman–Crippen MR) is 69.7 cm³/mol. The standard InChI is InChI=1S/C9H10BrN3S2/c1-2-4-11-9-13-12-8(15-9)7-6(10)3-5-14-7/h3,5H,2,4H2,1H3,(H,11,13). The van der Waals surface area contributed by atoms with E-state index in [4.69, 9.17) is 0 Å². The number of rotatable bonds is 4. The van der Waals surface area contributed by atoms with Crippen molar-refractivity contribution in [2.75, 3.05) is 11.9 Å². The lowest BCUT2D eigenvalue weighted by Crippen LogP contribution is -1.98. The van der Waals surface area contributed by atoms with Crippen LogP contribution in [0.5, 0.6) is 0 Å². The normalized spacial score (nSPS) is 10.5. The van der Waals surface area contributed by atoms with Gasteiger partial charge in [-0.25, -0.2) is 0 Å². The van der Waals surface area contributed by atoms with Gasteiger partial charge < -0.3 is 5.32 Å². The molecule has 6 heteroatoms. The first kappa shape index (κ1) is 11.0. The van der Waals surface area contributed by atoms with E-state index in [2.05, 4.69) is 38.4 Å². The summed E-state index contributed by atoms with van der Waals surface area (Å²) in [7, 11) is 0. The molecule has 0 aliphatic heterocycles. The van der Waals surface area contributed by atoms with Crippen molar-refractivity contribution < 1.29 is 0 Å². The van der Waals surface area contributed by atoms with E-state index in [-0.39, 0.29) is 0 Å². The molecule has 0 aromatic carbocycles. The monoisotopic (exact) mass is 303 g/mol. The minimum atomic E-state index is 0.896. The fourth-order valence-electron chi connectivity index (χ4n) is 1.06. The zero-order valence-corrected chi connectivity index (χ0v) is 11.4. The first-order valence-electron chi connectivity index (χ1n) is 4.62. The third-order valence-corrected chi connectivity index (χ3v) is 4.63. The molecule has 1 N–H and O–H groups in total. The van der Waals surface area contributed by atoms with Gasteiger partial charge in [0, 0.05) is 11.0 Å². The first-order valence-corrected chi connectivity index (χ1v) is 7.11. The number of aromatic nitrogens is 2. The molecule has 2 aromatic heterocycles. The van der Waals surface area contributed by atoms with Gasteiger partial charge in [-0.2, -0.15) is 0 Å². The van der Waals surface area contributed by atoms with Crippen LogP contribution in [-0.2, 0) is 0 Å². The van der Waals surface area contributed by atoms with E-state index in [0.29, 0.717) is 0 Å². The highest BCUT2D eigenvalue weighted by atomic mass is 79.9. The van der Waals surface area contributed by atoms with Crippen LogP contribution in [-0.4, -0.2) is 16.7 Å². The summed E-state index contributed by atoms with van der Waals surface area (Å²) in [6.45, 7) is 3.07. The van der Waals surface area contributed by atoms with Gasteiger partial charge in [0.25, 0.3) is 0 Å². The number of nitrogens with zero attached hydrogens (tertiary/aromatic N) is 2. The van der Waals surface area contributed by atoms with Gasteiger partial charge in [0.15, 0.2) is 5.01 Å². The second kappa shape index (κ2) is 5.05. The van der Waals surface area contributed by atoms with E-state index in [1.165, 1.54) is 0 Å².